The van der Waals surface area contributed by atoms with Crippen molar-refractivity contribution in [2.24, 2.45) is 10.2 Å². The molecule has 0 aliphatic carbocycles. The van der Waals surface area contributed by atoms with Crippen molar-refractivity contribution in [3.8, 4) is 28.8 Å². The molecule has 0 amide bonds. The molecule has 0 saturated carbocycles. The Labute approximate surface area is 191 Å². The van der Waals surface area contributed by atoms with E-state index in [2.05, 4.69) is 15.2 Å². The van der Waals surface area contributed by atoms with Crippen molar-refractivity contribution in [1.29, 1.82) is 5.26 Å². The molecule has 158 valence electrons. The molecule has 2 aliphatic rings. The lowest BCUT2D eigenvalue weighted by Crippen LogP contribution is -2.33. The predicted octanol–water partition coefficient (Wildman–Crippen LogP) is 3.59. The number of hydrogen-bond donors (Lipinski definition) is 0. The minimum Gasteiger partial charge on any atom is -0.493 e. The molecule has 0 fully saturated rings. The van der Waals surface area contributed by atoms with E-state index in [0.717, 1.165) is 5.56 Å². The summed E-state index contributed by atoms with van der Waals surface area (Å²) >= 11 is 7.36. The second kappa shape index (κ2) is 7.82. The number of thioether (sulfide) groups is 1. The summed E-state index contributed by atoms with van der Waals surface area (Å²) in [4.78, 5) is 17.9. The number of halogens is 1. The van der Waals surface area contributed by atoms with Gasteiger partial charge in [-0.05, 0) is 35.9 Å². The number of methoxy groups -OCH3 is 2. The quantitative estimate of drug-likeness (QED) is 0.548. The lowest BCUT2D eigenvalue weighted by Gasteiger charge is -2.11. The summed E-state index contributed by atoms with van der Waals surface area (Å²) in [6.07, 6.45) is 0. The number of hydrogen-bond acceptors (Lipinski definition) is 8. The second-order valence-corrected chi connectivity index (χ2v) is 8.40. The first-order chi connectivity index (χ1) is 15.5. The summed E-state index contributed by atoms with van der Waals surface area (Å²) in [5.74, 6) is 1.46. The van der Waals surface area contributed by atoms with Crippen LogP contribution in [0.5, 0.6) is 11.5 Å². The molecule has 0 N–H and O–H groups in total. The number of nitrogens with zero attached hydrogens (tertiary/aromatic N) is 5. The molecule has 3 heterocycles. The number of aromatic nitrogens is 2. The van der Waals surface area contributed by atoms with Crippen LogP contribution in [0.1, 0.15) is 11.1 Å². The van der Waals surface area contributed by atoms with Crippen LogP contribution >= 0.6 is 23.4 Å². The van der Waals surface area contributed by atoms with Gasteiger partial charge in [0, 0.05) is 10.6 Å². The zero-order chi connectivity index (χ0) is 22.4. The average Bonchev–Trinajstić information content (AvgIpc) is 3.38. The maximum absolute atomic E-state index is 13.3. The number of nitriles is 1. The van der Waals surface area contributed by atoms with E-state index in [1.54, 1.807) is 30.3 Å². The van der Waals surface area contributed by atoms with Gasteiger partial charge in [0.1, 0.15) is 16.9 Å². The zero-order valence-electron chi connectivity index (χ0n) is 16.9. The van der Waals surface area contributed by atoms with Crippen molar-refractivity contribution >= 4 is 34.9 Å². The zero-order valence-corrected chi connectivity index (χ0v) is 18.4. The lowest BCUT2D eigenvalue weighted by atomic mass is 10.1. The SMILES string of the molecule is COc1ccc(-c2nc3n(c(=O)c2C#N)C2=NN=C(c4ccc(Cl)cc4)[C@H]2S3)cc1OC. The van der Waals surface area contributed by atoms with Crippen molar-refractivity contribution in [1.82, 2.24) is 9.55 Å². The van der Waals surface area contributed by atoms with Gasteiger partial charge in [-0.3, -0.25) is 4.79 Å². The van der Waals surface area contributed by atoms with E-state index in [0.29, 0.717) is 38.8 Å². The molecular formula is C22H14ClN5O3S. The minimum atomic E-state index is -0.483. The lowest BCUT2D eigenvalue weighted by molar-refractivity contribution is 0.355. The Morgan fingerprint density at radius 2 is 1.78 bits per heavy atom. The Hall–Kier alpha value is -3.61. The molecule has 2 aromatic carbocycles. The van der Waals surface area contributed by atoms with Gasteiger partial charge in [0.25, 0.3) is 5.56 Å². The number of benzene rings is 2. The van der Waals surface area contributed by atoms with Gasteiger partial charge in [-0.15, -0.1) is 5.10 Å². The van der Waals surface area contributed by atoms with E-state index in [-0.39, 0.29) is 16.5 Å². The maximum Gasteiger partial charge on any atom is 0.278 e. The molecule has 32 heavy (non-hydrogen) atoms. The third kappa shape index (κ3) is 3.07. The maximum atomic E-state index is 13.3. The highest BCUT2D eigenvalue weighted by Crippen LogP contribution is 2.38. The van der Waals surface area contributed by atoms with Crippen LogP contribution in [0.4, 0.5) is 0 Å². The Kier molecular flexibility index (Phi) is 4.96. The van der Waals surface area contributed by atoms with Crippen molar-refractivity contribution in [3.63, 3.8) is 0 Å². The summed E-state index contributed by atoms with van der Waals surface area (Å²) in [6, 6.07) is 14.4. The normalized spacial score (nSPS) is 16.0. The highest BCUT2D eigenvalue weighted by atomic mass is 35.5. The van der Waals surface area contributed by atoms with E-state index in [1.807, 2.05) is 18.2 Å². The first-order valence-electron chi connectivity index (χ1n) is 9.43. The van der Waals surface area contributed by atoms with Crippen LogP contribution in [0.25, 0.3) is 11.3 Å². The van der Waals surface area contributed by atoms with Crippen molar-refractivity contribution in [2.75, 3.05) is 14.2 Å². The third-order valence-electron chi connectivity index (χ3n) is 5.16. The number of fused-ring (bicyclic) bond motifs is 3. The van der Waals surface area contributed by atoms with Crippen molar-refractivity contribution in [3.05, 3.63) is 69.0 Å². The number of rotatable bonds is 4. The van der Waals surface area contributed by atoms with E-state index in [4.69, 9.17) is 21.1 Å². The van der Waals surface area contributed by atoms with Gasteiger partial charge < -0.3 is 9.47 Å². The van der Waals surface area contributed by atoms with E-state index in [1.165, 1.54) is 30.5 Å². The second-order valence-electron chi connectivity index (χ2n) is 6.89. The summed E-state index contributed by atoms with van der Waals surface area (Å²) in [6.45, 7) is 0. The summed E-state index contributed by atoms with van der Waals surface area (Å²) in [7, 11) is 3.05. The fourth-order valence-corrected chi connectivity index (χ4v) is 4.93. The van der Waals surface area contributed by atoms with E-state index < -0.39 is 5.56 Å². The van der Waals surface area contributed by atoms with E-state index in [9.17, 15) is 10.1 Å². The van der Waals surface area contributed by atoms with Gasteiger partial charge in [-0.1, -0.05) is 35.5 Å². The molecule has 1 atom stereocenters. The standard InChI is InChI=1S/C22H14ClN5O3S/c1-30-15-8-5-12(9-16(15)31-2)17-14(10-24)21(29)28-20-19(32-22(28)25-17)18(26-27-20)11-3-6-13(23)7-4-11/h3-9,19H,1-2H3/t19-/m1/s1. The molecule has 1 aromatic heterocycles. The first-order valence-corrected chi connectivity index (χ1v) is 10.7. The fraction of sp³-hybridized carbons (Fsp3) is 0.136. The van der Waals surface area contributed by atoms with Crippen LogP contribution in [0, 0.1) is 11.3 Å². The molecule has 0 saturated heterocycles. The van der Waals surface area contributed by atoms with Crippen LogP contribution < -0.4 is 15.0 Å². The Morgan fingerprint density at radius 3 is 2.47 bits per heavy atom. The summed E-state index contributed by atoms with van der Waals surface area (Å²) in [5.41, 5.74) is 1.85. The highest BCUT2D eigenvalue weighted by molar-refractivity contribution is 8.01. The fourth-order valence-electron chi connectivity index (χ4n) is 3.61. The summed E-state index contributed by atoms with van der Waals surface area (Å²) in [5, 5.41) is 19.0. The molecule has 8 nitrogen and oxygen atoms in total. The van der Waals surface area contributed by atoms with Crippen LogP contribution in [-0.4, -0.2) is 40.6 Å². The van der Waals surface area contributed by atoms with Crippen LogP contribution in [-0.2, 0) is 0 Å². The molecule has 0 radical (unpaired) electrons. The molecule has 0 bridgehead atoms. The van der Waals surface area contributed by atoms with Crippen LogP contribution in [0.2, 0.25) is 5.02 Å². The predicted molar refractivity (Wildman–Crippen MR) is 122 cm³/mol. The largest absolute Gasteiger partial charge is 0.493 e. The topological polar surface area (TPSA) is 102 Å². The van der Waals surface area contributed by atoms with Gasteiger partial charge in [-0.25, -0.2) is 9.55 Å². The van der Waals surface area contributed by atoms with Gasteiger partial charge in [0.05, 0.1) is 25.6 Å². The van der Waals surface area contributed by atoms with Crippen LogP contribution in [0.15, 0.2) is 62.6 Å². The van der Waals surface area contributed by atoms with Crippen molar-refractivity contribution < 1.29 is 9.47 Å². The van der Waals surface area contributed by atoms with Crippen LogP contribution in [0.3, 0.4) is 0 Å². The molecule has 5 rings (SSSR count). The van der Waals surface area contributed by atoms with Gasteiger partial charge in [0.15, 0.2) is 22.5 Å². The third-order valence-corrected chi connectivity index (χ3v) is 6.56. The van der Waals surface area contributed by atoms with E-state index >= 15 is 0 Å². The van der Waals surface area contributed by atoms with Gasteiger partial charge in [0.2, 0.25) is 0 Å². The van der Waals surface area contributed by atoms with Gasteiger partial charge in [-0.2, -0.15) is 10.4 Å². The number of ether oxygens (including phenoxy) is 2. The Balaban J connectivity index is 1.60. The highest BCUT2D eigenvalue weighted by Gasteiger charge is 2.40. The molecular weight excluding hydrogens is 450 g/mol. The first kappa shape index (κ1) is 20.3. The Bertz CT molecular complexity index is 1420. The van der Waals surface area contributed by atoms with Crippen molar-refractivity contribution in [2.45, 2.75) is 10.4 Å². The molecule has 10 heteroatoms. The minimum absolute atomic E-state index is 0.0788. The Morgan fingerprint density at radius 1 is 1.06 bits per heavy atom. The molecule has 3 aromatic rings. The molecule has 2 aliphatic heterocycles. The smallest absolute Gasteiger partial charge is 0.278 e. The summed E-state index contributed by atoms with van der Waals surface area (Å²) < 4.78 is 12.0. The van der Waals surface area contributed by atoms with Gasteiger partial charge >= 0.3 is 0 Å². The monoisotopic (exact) mass is 463 g/mol. The molecule has 0 spiro atoms. The average molecular weight is 464 g/mol. The molecule has 0 unspecified atom stereocenters.